The van der Waals surface area contributed by atoms with Gasteiger partial charge in [-0.25, -0.2) is 4.39 Å². The Bertz CT molecular complexity index is 1170. The van der Waals surface area contributed by atoms with Crippen LogP contribution in [0.15, 0.2) is 51.7 Å². The zero-order valence-corrected chi connectivity index (χ0v) is 18.2. The molecule has 0 saturated heterocycles. The molecule has 31 heavy (non-hydrogen) atoms. The zero-order chi connectivity index (χ0) is 22.1. The van der Waals surface area contributed by atoms with Gasteiger partial charge in [-0.1, -0.05) is 39.0 Å². The molecule has 0 spiro atoms. The Hall–Kier alpha value is -2.99. The highest BCUT2D eigenvalue weighted by molar-refractivity contribution is 5.99. The number of carbonyl (C=O) groups is 1. The molecule has 1 amide bonds. The molecule has 0 aliphatic carbocycles. The van der Waals surface area contributed by atoms with Crippen molar-refractivity contribution in [2.75, 3.05) is 26.2 Å². The Morgan fingerprint density at radius 1 is 1.03 bits per heavy atom. The number of nitrogens with zero attached hydrogens (tertiary/aromatic N) is 2. The van der Waals surface area contributed by atoms with Crippen molar-refractivity contribution in [3.63, 3.8) is 0 Å². The van der Waals surface area contributed by atoms with E-state index in [1.54, 1.807) is 23.1 Å². The highest BCUT2D eigenvalue weighted by Gasteiger charge is 2.42. The summed E-state index contributed by atoms with van der Waals surface area (Å²) in [5.41, 5.74) is 2.29. The third kappa shape index (κ3) is 3.76. The largest absolute Gasteiger partial charge is 0.450 e. The number of aryl methyl sites for hydroxylation is 1. The van der Waals surface area contributed by atoms with Crippen LogP contribution < -0.4 is 5.43 Å². The summed E-state index contributed by atoms with van der Waals surface area (Å²) in [5.74, 6) is -0.563. The monoisotopic (exact) mass is 422 g/mol. The third-order valence-corrected chi connectivity index (χ3v) is 6.18. The zero-order valence-electron chi connectivity index (χ0n) is 18.2. The number of hydrogen-bond donors (Lipinski definition) is 0. The Balaban J connectivity index is 1.87. The lowest BCUT2D eigenvalue weighted by Crippen LogP contribution is -2.37. The van der Waals surface area contributed by atoms with Gasteiger partial charge in [0.15, 0.2) is 5.43 Å². The van der Waals surface area contributed by atoms with Gasteiger partial charge in [0.25, 0.3) is 5.91 Å². The second-order valence-electron chi connectivity index (χ2n) is 7.84. The highest BCUT2D eigenvalue weighted by Crippen LogP contribution is 2.38. The van der Waals surface area contributed by atoms with Gasteiger partial charge in [-0.3, -0.25) is 9.59 Å². The molecule has 1 aliphatic rings. The number of carbonyl (C=O) groups excluding carboxylic acids is 1. The van der Waals surface area contributed by atoms with E-state index in [1.807, 2.05) is 19.1 Å². The molecule has 0 N–H and O–H groups in total. The fourth-order valence-electron chi connectivity index (χ4n) is 4.30. The Morgan fingerprint density at radius 3 is 2.39 bits per heavy atom. The van der Waals surface area contributed by atoms with Gasteiger partial charge in [-0.15, -0.1) is 0 Å². The first kappa shape index (κ1) is 21.2. The molecule has 0 fully saturated rings. The van der Waals surface area contributed by atoms with Crippen LogP contribution in [0.3, 0.4) is 0 Å². The van der Waals surface area contributed by atoms with Crippen molar-refractivity contribution < 1.29 is 13.6 Å². The number of benzene rings is 2. The Kier molecular flexibility index (Phi) is 5.92. The van der Waals surface area contributed by atoms with Crippen LogP contribution in [0.1, 0.15) is 54.1 Å². The van der Waals surface area contributed by atoms with E-state index in [0.717, 1.165) is 25.1 Å². The van der Waals surface area contributed by atoms with E-state index in [9.17, 15) is 14.0 Å². The first-order valence-corrected chi connectivity index (χ1v) is 10.9. The van der Waals surface area contributed by atoms with Gasteiger partial charge >= 0.3 is 0 Å². The molecule has 4 rings (SSSR count). The summed E-state index contributed by atoms with van der Waals surface area (Å²) in [7, 11) is 0. The van der Waals surface area contributed by atoms with E-state index in [4.69, 9.17) is 4.42 Å². The first-order chi connectivity index (χ1) is 15.0. The van der Waals surface area contributed by atoms with Crippen molar-refractivity contribution in [3.8, 4) is 0 Å². The molecule has 1 aromatic heterocycles. The van der Waals surface area contributed by atoms with Gasteiger partial charge in [0, 0.05) is 13.1 Å². The van der Waals surface area contributed by atoms with E-state index in [0.29, 0.717) is 35.2 Å². The number of amides is 1. The minimum atomic E-state index is -0.593. The van der Waals surface area contributed by atoms with Crippen molar-refractivity contribution in [1.29, 1.82) is 0 Å². The predicted octanol–water partition coefficient (Wildman–Crippen LogP) is 4.38. The van der Waals surface area contributed by atoms with Crippen molar-refractivity contribution in [2.24, 2.45) is 0 Å². The van der Waals surface area contributed by atoms with Crippen LogP contribution in [0, 0.1) is 5.82 Å². The average Bonchev–Trinajstić information content (AvgIpc) is 3.07. The summed E-state index contributed by atoms with van der Waals surface area (Å²) in [6.45, 7) is 9.03. The van der Waals surface area contributed by atoms with Crippen LogP contribution in [0.25, 0.3) is 11.0 Å². The molecular formula is C25H27FN2O3. The number of likely N-dealkylation sites (N-methyl/N-ethyl adjacent to an activating group) is 1. The van der Waals surface area contributed by atoms with Gasteiger partial charge in [-0.2, -0.15) is 0 Å². The van der Waals surface area contributed by atoms with Crippen LogP contribution in [0.5, 0.6) is 0 Å². The summed E-state index contributed by atoms with van der Waals surface area (Å²) >= 11 is 0. The molecule has 6 heteroatoms. The van der Waals surface area contributed by atoms with Crippen molar-refractivity contribution in [2.45, 2.75) is 33.2 Å². The molecule has 3 aromatic rings. The molecule has 2 aromatic carbocycles. The predicted molar refractivity (Wildman–Crippen MR) is 119 cm³/mol. The molecule has 0 saturated carbocycles. The maximum Gasteiger partial charge on any atom is 0.290 e. The van der Waals surface area contributed by atoms with Crippen molar-refractivity contribution in [1.82, 2.24) is 9.80 Å². The Labute approximate surface area is 181 Å². The van der Waals surface area contributed by atoms with Gasteiger partial charge in [0.05, 0.1) is 17.0 Å². The Morgan fingerprint density at radius 2 is 1.74 bits per heavy atom. The summed E-state index contributed by atoms with van der Waals surface area (Å²) in [5, 5.41) is 0.476. The first-order valence-electron chi connectivity index (χ1n) is 10.9. The standard InChI is InChI=1S/C25H27FN2O3/c1-4-16-7-12-20-19(15-16)23(29)21-22(17-8-10-18(26)11-9-17)28(25(30)24(21)31-20)14-13-27(5-2)6-3/h7-12,15,22H,4-6,13-14H2,1-3H3. The summed E-state index contributed by atoms with van der Waals surface area (Å²) in [6.07, 6.45) is 0.794. The molecule has 0 radical (unpaired) electrons. The van der Waals surface area contributed by atoms with Gasteiger partial charge in [0.1, 0.15) is 11.4 Å². The van der Waals surface area contributed by atoms with E-state index < -0.39 is 6.04 Å². The van der Waals surface area contributed by atoms with Gasteiger partial charge in [0.2, 0.25) is 5.76 Å². The van der Waals surface area contributed by atoms with Crippen LogP contribution in [-0.2, 0) is 6.42 Å². The van der Waals surface area contributed by atoms with Crippen molar-refractivity contribution in [3.05, 3.63) is 81.0 Å². The molecular weight excluding hydrogens is 395 g/mol. The molecule has 5 nitrogen and oxygen atoms in total. The fraction of sp³-hybridized carbons (Fsp3) is 0.360. The molecule has 0 bridgehead atoms. The lowest BCUT2D eigenvalue weighted by molar-refractivity contribution is 0.0708. The molecule has 1 aliphatic heterocycles. The molecule has 162 valence electrons. The van der Waals surface area contributed by atoms with Crippen LogP contribution >= 0.6 is 0 Å². The summed E-state index contributed by atoms with van der Waals surface area (Å²) < 4.78 is 19.6. The minimum Gasteiger partial charge on any atom is -0.450 e. The van der Waals surface area contributed by atoms with Crippen LogP contribution in [-0.4, -0.2) is 41.9 Å². The average molecular weight is 423 g/mol. The number of rotatable bonds is 7. The molecule has 2 heterocycles. The van der Waals surface area contributed by atoms with Gasteiger partial charge < -0.3 is 14.2 Å². The normalized spacial score (nSPS) is 15.8. The quantitative estimate of drug-likeness (QED) is 0.567. The fourth-order valence-corrected chi connectivity index (χ4v) is 4.30. The van der Waals surface area contributed by atoms with Gasteiger partial charge in [-0.05, 0) is 54.9 Å². The summed E-state index contributed by atoms with van der Waals surface area (Å²) in [4.78, 5) is 30.8. The van der Waals surface area contributed by atoms with Crippen LogP contribution in [0.2, 0.25) is 0 Å². The molecule has 1 atom stereocenters. The minimum absolute atomic E-state index is 0.0932. The van der Waals surface area contributed by atoms with E-state index in [2.05, 4.69) is 18.7 Å². The second kappa shape index (κ2) is 8.63. The lowest BCUT2D eigenvalue weighted by atomic mass is 9.98. The number of fused-ring (bicyclic) bond motifs is 2. The smallest absolute Gasteiger partial charge is 0.290 e. The second-order valence-corrected chi connectivity index (χ2v) is 7.84. The maximum atomic E-state index is 13.6. The highest BCUT2D eigenvalue weighted by atomic mass is 19.1. The van der Waals surface area contributed by atoms with E-state index >= 15 is 0 Å². The van der Waals surface area contributed by atoms with E-state index in [-0.39, 0.29) is 22.9 Å². The number of hydrogen-bond acceptors (Lipinski definition) is 4. The number of halogens is 1. The van der Waals surface area contributed by atoms with Crippen LogP contribution in [0.4, 0.5) is 4.39 Å². The lowest BCUT2D eigenvalue weighted by Gasteiger charge is -2.28. The third-order valence-electron chi connectivity index (χ3n) is 6.18. The maximum absolute atomic E-state index is 13.6. The topological polar surface area (TPSA) is 53.8 Å². The summed E-state index contributed by atoms with van der Waals surface area (Å²) in [6, 6.07) is 10.9. The van der Waals surface area contributed by atoms with Crippen molar-refractivity contribution >= 4 is 16.9 Å². The molecule has 1 unspecified atom stereocenters. The SMILES string of the molecule is CCc1ccc2oc3c(c(=O)c2c1)C(c1ccc(F)cc1)N(CCN(CC)CC)C3=O. The van der Waals surface area contributed by atoms with E-state index in [1.165, 1.54) is 12.1 Å².